The fraction of sp³-hybridized carbons (Fsp3) is 0.133. The highest BCUT2D eigenvalue weighted by Crippen LogP contribution is 2.18. The highest BCUT2D eigenvalue weighted by atomic mass is 35.5. The number of urea groups is 1. The molecule has 0 spiro atoms. The molecule has 110 valence electrons. The number of halogens is 3. The van der Waals surface area contributed by atoms with E-state index in [2.05, 4.69) is 10.6 Å². The van der Waals surface area contributed by atoms with Crippen LogP contribution >= 0.6 is 11.6 Å². The summed E-state index contributed by atoms with van der Waals surface area (Å²) in [5.74, 6) is -1.36. The van der Waals surface area contributed by atoms with Gasteiger partial charge in [0, 0.05) is 22.3 Å². The Balaban J connectivity index is 2.02. The molecule has 0 aliphatic heterocycles. The Labute approximate surface area is 125 Å². The second-order valence-corrected chi connectivity index (χ2v) is 4.93. The van der Waals surface area contributed by atoms with E-state index in [4.69, 9.17) is 11.6 Å². The predicted octanol–water partition coefficient (Wildman–Crippen LogP) is 4.50. The molecular weight excluding hydrogens is 298 g/mol. The molecule has 21 heavy (non-hydrogen) atoms. The number of rotatable bonds is 3. The lowest BCUT2D eigenvalue weighted by Crippen LogP contribution is -2.31. The summed E-state index contributed by atoms with van der Waals surface area (Å²) < 4.78 is 26.4. The van der Waals surface area contributed by atoms with Crippen LogP contribution in [0.25, 0.3) is 0 Å². The van der Waals surface area contributed by atoms with Crippen molar-refractivity contribution < 1.29 is 13.6 Å². The average Bonchev–Trinajstić information content (AvgIpc) is 2.38. The van der Waals surface area contributed by atoms with Crippen molar-refractivity contribution in [3.8, 4) is 0 Å². The lowest BCUT2D eigenvalue weighted by Gasteiger charge is -2.16. The molecule has 0 aliphatic rings. The van der Waals surface area contributed by atoms with Crippen LogP contribution in [0.4, 0.5) is 19.3 Å². The lowest BCUT2D eigenvalue weighted by molar-refractivity contribution is 0.249. The van der Waals surface area contributed by atoms with E-state index < -0.39 is 23.7 Å². The minimum absolute atomic E-state index is 0.206. The van der Waals surface area contributed by atoms with E-state index in [1.165, 1.54) is 6.07 Å². The SMILES string of the molecule is CC(NC(=O)Nc1cccc(Cl)c1)c1ccc(F)cc1F. The van der Waals surface area contributed by atoms with Gasteiger partial charge in [-0.2, -0.15) is 0 Å². The van der Waals surface area contributed by atoms with Gasteiger partial charge < -0.3 is 10.6 Å². The third-order valence-corrected chi connectivity index (χ3v) is 3.09. The third-order valence-electron chi connectivity index (χ3n) is 2.86. The fourth-order valence-corrected chi connectivity index (χ4v) is 2.05. The van der Waals surface area contributed by atoms with Crippen LogP contribution in [-0.2, 0) is 0 Å². The van der Waals surface area contributed by atoms with E-state index in [0.29, 0.717) is 10.7 Å². The highest BCUT2D eigenvalue weighted by Gasteiger charge is 2.14. The topological polar surface area (TPSA) is 41.1 Å². The van der Waals surface area contributed by atoms with Crippen LogP contribution in [0.1, 0.15) is 18.5 Å². The smallest absolute Gasteiger partial charge is 0.319 e. The maximum Gasteiger partial charge on any atom is 0.319 e. The maximum absolute atomic E-state index is 13.6. The molecule has 0 fully saturated rings. The number of hydrogen-bond donors (Lipinski definition) is 2. The van der Waals surface area contributed by atoms with E-state index in [9.17, 15) is 13.6 Å². The number of hydrogen-bond acceptors (Lipinski definition) is 1. The van der Waals surface area contributed by atoms with E-state index in [0.717, 1.165) is 12.1 Å². The van der Waals surface area contributed by atoms with Crippen LogP contribution in [0, 0.1) is 11.6 Å². The molecule has 1 unspecified atom stereocenters. The largest absolute Gasteiger partial charge is 0.331 e. The Morgan fingerprint density at radius 3 is 2.62 bits per heavy atom. The van der Waals surface area contributed by atoms with Crippen molar-refractivity contribution in [2.24, 2.45) is 0 Å². The Hall–Kier alpha value is -2.14. The molecule has 2 rings (SSSR count). The van der Waals surface area contributed by atoms with E-state index in [1.807, 2.05) is 0 Å². The second kappa shape index (κ2) is 6.54. The van der Waals surface area contributed by atoms with E-state index in [-0.39, 0.29) is 5.56 Å². The molecule has 1 atom stereocenters. The van der Waals surface area contributed by atoms with Gasteiger partial charge in [-0.05, 0) is 31.2 Å². The summed E-state index contributed by atoms with van der Waals surface area (Å²) in [6.07, 6.45) is 0. The second-order valence-electron chi connectivity index (χ2n) is 4.50. The molecule has 2 aromatic carbocycles. The first kappa shape index (κ1) is 15.3. The third kappa shape index (κ3) is 4.16. The molecule has 0 aliphatic carbocycles. The number of nitrogens with one attached hydrogen (secondary N) is 2. The molecule has 2 N–H and O–H groups in total. The zero-order valence-corrected chi connectivity index (χ0v) is 11.9. The molecule has 6 heteroatoms. The molecule has 2 amide bonds. The summed E-state index contributed by atoms with van der Waals surface area (Å²) in [7, 11) is 0. The van der Waals surface area contributed by atoms with Gasteiger partial charge in [-0.25, -0.2) is 13.6 Å². The number of benzene rings is 2. The molecule has 0 aromatic heterocycles. The van der Waals surface area contributed by atoms with Gasteiger partial charge in [-0.1, -0.05) is 23.7 Å². The molecule has 0 heterocycles. The summed E-state index contributed by atoms with van der Waals surface area (Å²) >= 11 is 5.81. The van der Waals surface area contributed by atoms with Gasteiger partial charge in [0.25, 0.3) is 0 Å². The van der Waals surface area contributed by atoms with Crippen LogP contribution in [0.3, 0.4) is 0 Å². The van der Waals surface area contributed by atoms with Crippen molar-refractivity contribution in [1.82, 2.24) is 5.32 Å². The summed E-state index contributed by atoms with van der Waals surface area (Å²) in [5, 5.41) is 5.64. The van der Waals surface area contributed by atoms with Gasteiger partial charge >= 0.3 is 6.03 Å². The summed E-state index contributed by atoms with van der Waals surface area (Å²) in [6.45, 7) is 1.61. The van der Waals surface area contributed by atoms with Crippen LogP contribution in [-0.4, -0.2) is 6.03 Å². The minimum atomic E-state index is -0.703. The average molecular weight is 311 g/mol. The van der Waals surface area contributed by atoms with Crippen molar-refractivity contribution in [2.45, 2.75) is 13.0 Å². The number of amides is 2. The Bertz CT molecular complexity index is 664. The molecule has 0 saturated heterocycles. The van der Waals surface area contributed by atoms with Crippen LogP contribution < -0.4 is 10.6 Å². The molecule has 0 radical (unpaired) electrons. The van der Waals surface area contributed by atoms with Crippen molar-refractivity contribution in [2.75, 3.05) is 5.32 Å². The Morgan fingerprint density at radius 1 is 1.19 bits per heavy atom. The maximum atomic E-state index is 13.6. The van der Waals surface area contributed by atoms with Gasteiger partial charge in [0.2, 0.25) is 0 Å². The van der Waals surface area contributed by atoms with Gasteiger partial charge in [0.05, 0.1) is 6.04 Å². The number of anilines is 1. The molecule has 0 bridgehead atoms. The number of carbonyl (C=O) groups excluding carboxylic acids is 1. The Kier molecular flexibility index (Phi) is 4.75. The summed E-state index contributed by atoms with van der Waals surface area (Å²) in [6, 6.07) is 8.75. The monoisotopic (exact) mass is 310 g/mol. The van der Waals surface area contributed by atoms with E-state index >= 15 is 0 Å². The Morgan fingerprint density at radius 2 is 1.95 bits per heavy atom. The van der Waals surface area contributed by atoms with Crippen molar-refractivity contribution in [3.63, 3.8) is 0 Å². The normalized spacial score (nSPS) is 11.8. The highest BCUT2D eigenvalue weighted by molar-refractivity contribution is 6.30. The van der Waals surface area contributed by atoms with Gasteiger partial charge in [0.1, 0.15) is 11.6 Å². The van der Waals surface area contributed by atoms with Gasteiger partial charge in [-0.15, -0.1) is 0 Å². The van der Waals surface area contributed by atoms with Crippen LogP contribution in [0.5, 0.6) is 0 Å². The van der Waals surface area contributed by atoms with Gasteiger partial charge in [-0.3, -0.25) is 0 Å². The lowest BCUT2D eigenvalue weighted by atomic mass is 10.1. The summed E-state index contributed by atoms with van der Waals surface area (Å²) in [4.78, 5) is 11.8. The minimum Gasteiger partial charge on any atom is -0.331 e. The summed E-state index contributed by atoms with van der Waals surface area (Å²) in [5.41, 5.74) is 0.726. The number of carbonyl (C=O) groups is 1. The van der Waals surface area contributed by atoms with Crippen molar-refractivity contribution in [1.29, 1.82) is 0 Å². The molecule has 0 saturated carbocycles. The first-order chi connectivity index (χ1) is 9.95. The molecule has 3 nitrogen and oxygen atoms in total. The standard InChI is InChI=1S/C15H13ClF2N2O/c1-9(13-6-5-11(17)8-14(13)18)19-15(21)20-12-4-2-3-10(16)7-12/h2-9H,1H3,(H2,19,20,21). The van der Waals surface area contributed by atoms with E-state index in [1.54, 1.807) is 31.2 Å². The van der Waals surface area contributed by atoms with Gasteiger partial charge in [0.15, 0.2) is 0 Å². The zero-order valence-electron chi connectivity index (χ0n) is 11.2. The van der Waals surface area contributed by atoms with Crippen molar-refractivity contribution in [3.05, 3.63) is 64.7 Å². The first-order valence-corrected chi connectivity index (χ1v) is 6.61. The predicted molar refractivity (Wildman–Crippen MR) is 78.4 cm³/mol. The quantitative estimate of drug-likeness (QED) is 0.861. The molecule has 2 aromatic rings. The van der Waals surface area contributed by atoms with Crippen LogP contribution in [0.15, 0.2) is 42.5 Å². The van der Waals surface area contributed by atoms with Crippen LogP contribution in [0.2, 0.25) is 5.02 Å². The van der Waals surface area contributed by atoms with Crippen molar-refractivity contribution >= 4 is 23.3 Å². The fourth-order valence-electron chi connectivity index (χ4n) is 1.86. The molecular formula is C15H13ClF2N2O. The first-order valence-electron chi connectivity index (χ1n) is 6.24. The zero-order chi connectivity index (χ0) is 15.4.